The lowest BCUT2D eigenvalue weighted by Crippen LogP contribution is -2.40. The summed E-state index contributed by atoms with van der Waals surface area (Å²) in [7, 11) is 0.637. The van der Waals surface area contributed by atoms with E-state index in [9.17, 15) is 8.42 Å². The van der Waals surface area contributed by atoms with Gasteiger partial charge < -0.3 is 9.30 Å². The van der Waals surface area contributed by atoms with E-state index in [1.807, 2.05) is 12.1 Å². The van der Waals surface area contributed by atoms with Crippen LogP contribution in [0.1, 0.15) is 50.5 Å². The molecule has 1 aromatic carbocycles. The van der Waals surface area contributed by atoms with Gasteiger partial charge in [0.25, 0.3) is 0 Å². The number of nitrogens with zero attached hydrogens (tertiary/aromatic N) is 5. The molecule has 1 fully saturated rings. The van der Waals surface area contributed by atoms with Gasteiger partial charge in [-0.2, -0.15) is 4.31 Å². The number of rotatable bonds is 11. The maximum absolute atomic E-state index is 13.0. The summed E-state index contributed by atoms with van der Waals surface area (Å²) in [6.07, 6.45) is 3.13. The van der Waals surface area contributed by atoms with Crippen LogP contribution < -0.4 is 0 Å². The van der Waals surface area contributed by atoms with Crippen LogP contribution in [0.3, 0.4) is 0 Å². The Bertz CT molecular complexity index is 972. The Hall–Kier alpha value is -1.46. The van der Waals surface area contributed by atoms with E-state index < -0.39 is 10.0 Å². The Balaban J connectivity index is 1.78. The van der Waals surface area contributed by atoms with Crippen molar-refractivity contribution in [3.63, 3.8) is 0 Å². The third-order valence-electron chi connectivity index (χ3n) is 5.66. The number of aromatic nitrogens is 3. The van der Waals surface area contributed by atoms with Crippen LogP contribution in [0.5, 0.6) is 0 Å². The fourth-order valence-corrected chi connectivity index (χ4v) is 6.23. The van der Waals surface area contributed by atoms with Gasteiger partial charge in [0.15, 0.2) is 11.0 Å². The number of unbranched alkanes of at least 4 members (excludes halogenated alkanes) is 1. The highest BCUT2D eigenvalue weighted by atomic mass is 32.2. The molecule has 10 heteroatoms. The smallest absolute Gasteiger partial charge is 0.243 e. The molecule has 3 rings (SSSR count). The molecule has 0 saturated carbocycles. The van der Waals surface area contributed by atoms with E-state index in [4.69, 9.17) is 4.74 Å². The molecule has 2 heterocycles. The van der Waals surface area contributed by atoms with E-state index in [1.165, 1.54) is 4.31 Å². The second-order valence-electron chi connectivity index (χ2n) is 8.19. The van der Waals surface area contributed by atoms with Crippen LogP contribution in [0, 0.1) is 0 Å². The minimum atomic E-state index is -3.50. The third-order valence-corrected chi connectivity index (χ3v) is 8.60. The summed E-state index contributed by atoms with van der Waals surface area (Å²) < 4.78 is 35.0. The van der Waals surface area contributed by atoms with Gasteiger partial charge in [-0.25, -0.2) is 8.42 Å². The van der Waals surface area contributed by atoms with Crippen LogP contribution in [-0.4, -0.2) is 72.8 Å². The van der Waals surface area contributed by atoms with Crippen LogP contribution in [0.25, 0.3) is 0 Å². The van der Waals surface area contributed by atoms with Crippen molar-refractivity contribution >= 4 is 21.8 Å². The summed E-state index contributed by atoms with van der Waals surface area (Å²) in [4.78, 5) is 2.52. The Morgan fingerprint density at radius 3 is 2.59 bits per heavy atom. The Kier molecular flexibility index (Phi) is 9.13. The maximum atomic E-state index is 13.0. The standard InChI is InChI=1S/C22H35N5O3S2/c1-5-7-11-27-21(20(6-2)25(3)4)23-24-22(27)31-17-18-9-8-10-19(16-18)32(28,29)26-12-14-30-15-13-26/h8-10,16,20H,5-7,11-15,17H2,1-4H3/t20-/m1/s1. The third kappa shape index (κ3) is 5.91. The lowest BCUT2D eigenvalue weighted by Gasteiger charge is -2.26. The number of ether oxygens (including phenoxy) is 1. The number of benzene rings is 1. The molecule has 0 unspecified atom stereocenters. The first kappa shape index (κ1) is 25.2. The van der Waals surface area contributed by atoms with E-state index in [2.05, 4.69) is 47.6 Å². The summed E-state index contributed by atoms with van der Waals surface area (Å²) in [5.41, 5.74) is 0.954. The summed E-state index contributed by atoms with van der Waals surface area (Å²) in [5.74, 6) is 1.63. The van der Waals surface area contributed by atoms with Crippen LogP contribution in [0.15, 0.2) is 34.3 Å². The zero-order valence-corrected chi connectivity index (χ0v) is 21.2. The molecule has 0 N–H and O–H groups in total. The molecule has 0 bridgehead atoms. The van der Waals surface area contributed by atoms with Gasteiger partial charge in [0.2, 0.25) is 10.0 Å². The van der Waals surface area contributed by atoms with Gasteiger partial charge in [0.1, 0.15) is 0 Å². The lowest BCUT2D eigenvalue weighted by atomic mass is 10.2. The van der Waals surface area contributed by atoms with Crippen LogP contribution in [0.2, 0.25) is 0 Å². The van der Waals surface area contributed by atoms with Crippen molar-refractivity contribution in [1.82, 2.24) is 24.0 Å². The predicted octanol–water partition coefficient (Wildman–Crippen LogP) is 3.40. The summed E-state index contributed by atoms with van der Waals surface area (Å²) in [5, 5.41) is 9.90. The Morgan fingerprint density at radius 2 is 1.94 bits per heavy atom. The molecule has 0 amide bonds. The highest BCUT2D eigenvalue weighted by Gasteiger charge is 2.26. The average molecular weight is 482 g/mol. The van der Waals surface area contributed by atoms with Crippen LogP contribution >= 0.6 is 11.8 Å². The van der Waals surface area contributed by atoms with E-state index in [1.54, 1.807) is 23.9 Å². The molecule has 1 atom stereocenters. The zero-order chi connectivity index (χ0) is 23.1. The van der Waals surface area contributed by atoms with Crippen molar-refractivity contribution in [3.05, 3.63) is 35.7 Å². The molecular formula is C22H35N5O3S2. The first-order chi connectivity index (χ1) is 15.4. The minimum Gasteiger partial charge on any atom is -0.379 e. The topological polar surface area (TPSA) is 80.6 Å². The van der Waals surface area contributed by atoms with Crippen molar-refractivity contribution in [2.75, 3.05) is 40.4 Å². The molecule has 0 radical (unpaired) electrons. The summed E-state index contributed by atoms with van der Waals surface area (Å²) in [6.45, 7) is 6.91. The van der Waals surface area contributed by atoms with E-state index >= 15 is 0 Å². The Morgan fingerprint density at radius 1 is 1.19 bits per heavy atom. The fourth-order valence-electron chi connectivity index (χ4n) is 3.84. The second kappa shape index (κ2) is 11.6. The van der Waals surface area contributed by atoms with Gasteiger partial charge in [-0.15, -0.1) is 10.2 Å². The van der Waals surface area contributed by atoms with Gasteiger partial charge >= 0.3 is 0 Å². The maximum Gasteiger partial charge on any atom is 0.243 e. The average Bonchev–Trinajstić information content (AvgIpc) is 3.19. The Labute approximate surface area is 196 Å². The summed E-state index contributed by atoms with van der Waals surface area (Å²) in [6, 6.07) is 7.45. The molecule has 2 aromatic rings. The van der Waals surface area contributed by atoms with Crippen molar-refractivity contribution in [2.45, 2.75) is 61.5 Å². The molecule has 0 aliphatic carbocycles. The monoisotopic (exact) mass is 481 g/mol. The van der Waals surface area contributed by atoms with Gasteiger partial charge in [-0.1, -0.05) is 44.2 Å². The quantitative estimate of drug-likeness (QED) is 0.455. The van der Waals surface area contributed by atoms with Crippen molar-refractivity contribution in [2.24, 2.45) is 0 Å². The molecular weight excluding hydrogens is 446 g/mol. The number of morpholine rings is 1. The van der Waals surface area contributed by atoms with Crippen LogP contribution in [-0.2, 0) is 27.1 Å². The number of hydrogen-bond donors (Lipinski definition) is 0. The second-order valence-corrected chi connectivity index (χ2v) is 11.1. The minimum absolute atomic E-state index is 0.218. The fraction of sp³-hybridized carbons (Fsp3) is 0.636. The lowest BCUT2D eigenvalue weighted by molar-refractivity contribution is 0.0730. The van der Waals surface area contributed by atoms with Gasteiger partial charge in [0, 0.05) is 25.4 Å². The first-order valence-corrected chi connectivity index (χ1v) is 13.7. The number of sulfonamides is 1. The normalized spacial score (nSPS) is 16.5. The highest BCUT2D eigenvalue weighted by Crippen LogP contribution is 2.28. The zero-order valence-electron chi connectivity index (χ0n) is 19.5. The number of thioether (sulfide) groups is 1. The van der Waals surface area contributed by atoms with Crippen LogP contribution in [0.4, 0.5) is 0 Å². The van der Waals surface area contributed by atoms with Crippen molar-refractivity contribution in [1.29, 1.82) is 0 Å². The van der Waals surface area contributed by atoms with E-state index in [-0.39, 0.29) is 6.04 Å². The molecule has 1 saturated heterocycles. The summed E-state index contributed by atoms with van der Waals surface area (Å²) >= 11 is 1.61. The molecule has 0 spiro atoms. The first-order valence-electron chi connectivity index (χ1n) is 11.3. The van der Waals surface area contributed by atoms with Gasteiger partial charge in [0.05, 0.1) is 24.2 Å². The molecule has 1 aromatic heterocycles. The molecule has 178 valence electrons. The molecule has 8 nitrogen and oxygen atoms in total. The van der Waals surface area contributed by atoms with Gasteiger partial charge in [-0.3, -0.25) is 4.90 Å². The SMILES string of the molecule is CCCCn1c(SCc2cccc(S(=O)(=O)N3CCOCC3)c2)nnc1[C@@H](CC)N(C)C. The predicted molar refractivity (Wildman–Crippen MR) is 127 cm³/mol. The van der Waals surface area contributed by atoms with Crippen molar-refractivity contribution in [3.8, 4) is 0 Å². The highest BCUT2D eigenvalue weighted by molar-refractivity contribution is 7.98. The largest absolute Gasteiger partial charge is 0.379 e. The van der Waals surface area contributed by atoms with E-state index in [0.29, 0.717) is 37.0 Å². The van der Waals surface area contributed by atoms with Gasteiger partial charge in [-0.05, 0) is 44.6 Å². The van der Waals surface area contributed by atoms with Crippen molar-refractivity contribution < 1.29 is 13.2 Å². The van der Waals surface area contributed by atoms with E-state index in [0.717, 1.165) is 42.4 Å². The molecule has 1 aliphatic rings. The molecule has 1 aliphatic heterocycles. The molecule has 32 heavy (non-hydrogen) atoms. The number of hydrogen-bond acceptors (Lipinski definition) is 7.